The van der Waals surface area contributed by atoms with Crippen molar-refractivity contribution in [3.8, 4) is 39.5 Å². The molecule has 2 aromatic heterocycles. The van der Waals surface area contributed by atoms with Crippen LogP contribution >= 0.6 is 0 Å². The molecule has 226 valence electrons. The molecule has 0 amide bonds. The molecule has 3 nitrogen and oxygen atoms in total. The molecule has 3 heteroatoms. The zero-order chi connectivity index (χ0) is 32.0. The molecule has 0 saturated heterocycles. The van der Waals surface area contributed by atoms with Crippen LogP contribution in [0.25, 0.3) is 82.9 Å². The Balaban J connectivity index is 1.22. The molecule has 0 fully saturated rings. The third kappa shape index (κ3) is 3.88. The molecule has 9 aromatic rings. The second-order valence-electron chi connectivity index (χ2n) is 13.5. The van der Waals surface area contributed by atoms with E-state index in [0.717, 1.165) is 33.2 Å². The second kappa shape index (κ2) is 9.97. The van der Waals surface area contributed by atoms with Crippen molar-refractivity contribution in [3.63, 3.8) is 0 Å². The van der Waals surface area contributed by atoms with Crippen LogP contribution in [0.4, 0.5) is 0 Å². The highest BCUT2D eigenvalue weighted by molar-refractivity contribution is 6.12. The molecular formula is C45H31N3. The summed E-state index contributed by atoms with van der Waals surface area (Å²) in [5, 5.41) is 6.01. The van der Waals surface area contributed by atoms with Crippen LogP contribution in [0.15, 0.2) is 152 Å². The molecule has 48 heavy (non-hydrogen) atoms. The van der Waals surface area contributed by atoms with Gasteiger partial charge in [0.2, 0.25) is 5.95 Å². The van der Waals surface area contributed by atoms with Gasteiger partial charge in [-0.15, -0.1) is 0 Å². The van der Waals surface area contributed by atoms with Crippen LogP contribution in [0.2, 0.25) is 0 Å². The first-order valence-electron chi connectivity index (χ1n) is 16.6. The van der Waals surface area contributed by atoms with Crippen molar-refractivity contribution in [1.82, 2.24) is 14.5 Å². The van der Waals surface area contributed by atoms with Gasteiger partial charge in [-0.1, -0.05) is 129 Å². The Hall–Kier alpha value is -6.06. The van der Waals surface area contributed by atoms with Crippen LogP contribution in [0.3, 0.4) is 0 Å². The van der Waals surface area contributed by atoms with Crippen molar-refractivity contribution in [1.29, 1.82) is 0 Å². The molecule has 1 aliphatic rings. The summed E-state index contributed by atoms with van der Waals surface area (Å²) in [6.45, 7) is 4.71. The Morgan fingerprint density at radius 3 is 1.88 bits per heavy atom. The lowest BCUT2D eigenvalue weighted by molar-refractivity contribution is 0.661. The molecule has 0 radical (unpaired) electrons. The lowest BCUT2D eigenvalue weighted by Gasteiger charge is -2.22. The van der Waals surface area contributed by atoms with Crippen LogP contribution < -0.4 is 0 Å². The topological polar surface area (TPSA) is 30.7 Å². The van der Waals surface area contributed by atoms with Gasteiger partial charge in [0, 0.05) is 27.1 Å². The van der Waals surface area contributed by atoms with Gasteiger partial charge in [-0.3, -0.25) is 4.57 Å². The zero-order valence-electron chi connectivity index (χ0n) is 26.8. The van der Waals surface area contributed by atoms with Gasteiger partial charge >= 0.3 is 0 Å². The minimum Gasteiger partial charge on any atom is -0.278 e. The van der Waals surface area contributed by atoms with Gasteiger partial charge in [-0.05, 0) is 80.6 Å². The smallest absolute Gasteiger partial charge is 0.235 e. The second-order valence-corrected chi connectivity index (χ2v) is 13.5. The van der Waals surface area contributed by atoms with Gasteiger partial charge in [0.15, 0.2) is 0 Å². The van der Waals surface area contributed by atoms with E-state index in [1.807, 2.05) is 0 Å². The summed E-state index contributed by atoms with van der Waals surface area (Å²) in [5.74, 6) is 0.682. The first kappa shape index (κ1) is 27.1. The number of aromatic nitrogens is 3. The highest BCUT2D eigenvalue weighted by Crippen LogP contribution is 2.52. The van der Waals surface area contributed by atoms with E-state index in [4.69, 9.17) is 9.97 Å². The summed E-state index contributed by atoms with van der Waals surface area (Å²) in [5.41, 5.74) is 12.8. The first-order valence-corrected chi connectivity index (χ1v) is 16.6. The standard InChI is InChI=1S/C45H31N3/c1-45(2)38-25-32-15-7-6-14-31(32)24-35(38)36-26-37-33-16-9-11-19-41(33)48(42(37)27-39(36)45)44-46-40-18-10-8-17-34(40)43(47-44)30-22-20-29(21-23-30)28-12-4-3-5-13-28/h3-27H,1-2H3. The average Bonchev–Trinajstić information content (AvgIpc) is 3.57. The fraction of sp³-hybridized carbons (Fsp3) is 0.0667. The molecule has 10 rings (SSSR count). The van der Waals surface area contributed by atoms with Gasteiger partial charge in [0.05, 0.1) is 22.2 Å². The lowest BCUT2D eigenvalue weighted by Crippen LogP contribution is -2.15. The zero-order valence-corrected chi connectivity index (χ0v) is 26.8. The number of benzene rings is 7. The van der Waals surface area contributed by atoms with Gasteiger partial charge in [-0.2, -0.15) is 0 Å². The molecule has 7 aromatic carbocycles. The van der Waals surface area contributed by atoms with E-state index in [2.05, 4.69) is 170 Å². The minimum atomic E-state index is -0.153. The van der Waals surface area contributed by atoms with Crippen molar-refractivity contribution in [2.75, 3.05) is 0 Å². The Morgan fingerprint density at radius 1 is 0.458 bits per heavy atom. The van der Waals surface area contributed by atoms with Crippen molar-refractivity contribution in [3.05, 3.63) is 163 Å². The maximum absolute atomic E-state index is 5.37. The van der Waals surface area contributed by atoms with Gasteiger partial charge in [-0.25, -0.2) is 9.97 Å². The monoisotopic (exact) mass is 613 g/mol. The lowest BCUT2D eigenvalue weighted by atomic mass is 9.81. The van der Waals surface area contributed by atoms with Gasteiger partial charge in [0.25, 0.3) is 0 Å². The molecule has 2 heterocycles. The van der Waals surface area contributed by atoms with Crippen LogP contribution in [0, 0.1) is 0 Å². The van der Waals surface area contributed by atoms with Gasteiger partial charge < -0.3 is 0 Å². The SMILES string of the molecule is CC1(C)c2cc3ccccc3cc2-c2cc3c4ccccc4n(-c4nc(-c5ccc(-c6ccccc6)cc5)c5ccccc5n4)c3cc21. The van der Waals surface area contributed by atoms with Crippen molar-refractivity contribution in [2.24, 2.45) is 0 Å². The van der Waals surface area contributed by atoms with E-state index in [-0.39, 0.29) is 5.41 Å². The quantitative estimate of drug-likeness (QED) is 0.198. The van der Waals surface area contributed by atoms with Crippen LogP contribution in [-0.4, -0.2) is 14.5 Å². The fourth-order valence-electron chi connectivity index (χ4n) is 7.93. The van der Waals surface area contributed by atoms with Crippen LogP contribution in [0.1, 0.15) is 25.0 Å². The van der Waals surface area contributed by atoms with Gasteiger partial charge in [0.1, 0.15) is 0 Å². The summed E-state index contributed by atoms with van der Waals surface area (Å²) < 4.78 is 2.27. The molecule has 1 aliphatic carbocycles. The molecular weight excluding hydrogens is 583 g/mol. The van der Waals surface area contributed by atoms with Crippen LogP contribution in [0.5, 0.6) is 0 Å². The molecule has 0 aliphatic heterocycles. The Kier molecular flexibility index (Phi) is 5.63. The molecule has 0 bridgehead atoms. The van der Waals surface area contributed by atoms with E-state index >= 15 is 0 Å². The van der Waals surface area contributed by atoms with Crippen LogP contribution in [-0.2, 0) is 5.41 Å². The maximum Gasteiger partial charge on any atom is 0.235 e. The van der Waals surface area contributed by atoms with E-state index in [1.54, 1.807) is 0 Å². The number of hydrogen-bond acceptors (Lipinski definition) is 2. The van der Waals surface area contributed by atoms with E-state index in [1.165, 1.54) is 54.9 Å². The Bertz CT molecular complexity index is 2730. The Morgan fingerprint density at radius 2 is 1.06 bits per heavy atom. The number of fused-ring (bicyclic) bond motifs is 8. The highest BCUT2D eigenvalue weighted by Gasteiger charge is 2.37. The normalized spacial score (nSPS) is 13.4. The molecule has 0 N–H and O–H groups in total. The van der Waals surface area contributed by atoms with E-state index in [0.29, 0.717) is 5.95 Å². The molecule has 0 atom stereocenters. The van der Waals surface area contributed by atoms with E-state index < -0.39 is 0 Å². The molecule has 0 spiro atoms. The van der Waals surface area contributed by atoms with E-state index in [9.17, 15) is 0 Å². The fourth-order valence-corrected chi connectivity index (χ4v) is 7.93. The number of hydrogen-bond donors (Lipinski definition) is 0. The van der Waals surface area contributed by atoms with Crippen molar-refractivity contribution >= 4 is 43.5 Å². The number of rotatable bonds is 3. The van der Waals surface area contributed by atoms with Crippen molar-refractivity contribution < 1.29 is 0 Å². The predicted molar refractivity (Wildman–Crippen MR) is 200 cm³/mol. The molecule has 0 saturated carbocycles. The third-order valence-electron chi connectivity index (χ3n) is 10.4. The summed E-state index contributed by atoms with van der Waals surface area (Å²) in [7, 11) is 0. The predicted octanol–water partition coefficient (Wildman–Crippen LogP) is 11.5. The summed E-state index contributed by atoms with van der Waals surface area (Å²) >= 11 is 0. The largest absolute Gasteiger partial charge is 0.278 e. The number of nitrogens with zero attached hydrogens (tertiary/aromatic N) is 3. The maximum atomic E-state index is 5.37. The summed E-state index contributed by atoms with van der Waals surface area (Å²) in [6.07, 6.45) is 0. The Labute approximate surface area is 278 Å². The highest BCUT2D eigenvalue weighted by atomic mass is 15.2. The molecule has 0 unspecified atom stereocenters. The number of para-hydroxylation sites is 2. The minimum absolute atomic E-state index is 0.153. The first-order chi connectivity index (χ1) is 23.5. The third-order valence-corrected chi connectivity index (χ3v) is 10.4. The summed E-state index contributed by atoms with van der Waals surface area (Å²) in [6, 6.07) is 54.5. The summed E-state index contributed by atoms with van der Waals surface area (Å²) in [4.78, 5) is 10.6. The average molecular weight is 614 g/mol. The van der Waals surface area contributed by atoms with Crippen molar-refractivity contribution in [2.45, 2.75) is 19.3 Å².